The van der Waals surface area contributed by atoms with Crippen LogP contribution in [0.1, 0.15) is 46.5 Å². The van der Waals surface area contributed by atoms with Crippen molar-refractivity contribution < 1.29 is 13.6 Å². The molecule has 0 aliphatic carbocycles. The van der Waals surface area contributed by atoms with Gasteiger partial charge in [-0.2, -0.15) is 0 Å². The summed E-state index contributed by atoms with van der Waals surface area (Å²) in [5.74, 6) is 1.89. The molecule has 1 N–H and O–H groups in total. The highest BCUT2D eigenvalue weighted by molar-refractivity contribution is 6.31. The predicted molar refractivity (Wildman–Crippen MR) is 113 cm³/mol. The molecule has 2 aromatic heterocycles. The SMILES string of the molecule is Cc1ccc(C(CNC(=O)c2oc3ccc(Cl)cc3c2C)N2CCCC2)o1.Cl. The number of benzene rings is 1. The molecule has 5 nitrogen and oxygen atoms in total. The third-order valence-corrected chi connectivity index (χ3v) is 5.47. The summed E-state index contributed by atoms with van der Waals surface area (Å²) >= 11 is 6.07. The van der Waals surface area contributed by atoms with Crippen LogP contribution in [0.15, 0.2) is 39.2 Å². The number of nitrogens with zero attached hydrogens (tertiary/aromatic N) is 1. The predicted octanol–water partition coefficient (Wildman–Crippen LogP) is 5.28. The van der Waals surface area contributed by atoms with Gasteiger partial charge in [0, 0.05) is 22.5 Å². The highest BCUT2D eigenvalue weighted by Gasteiger charge is 2.27. The number of rotatable bonds is 5. The molecule has 3 aromatic rings. The van der Waals surface area contributed by atoms with Crippen LogP contribution in [-0.4, -0.2) is 30.4 Å². The number of aryl methyl sites for hydroxylation is 2. The van der Waals surface area contributed by atoms with E-state index in [1.165, 1.54) is 12.8 Å². The maximum absolute atomic E-state index is 12.8. The lowest BCUT2D eigenvalue weighted by molar-refractivity contribution is 0.0907. The van der Waals surface area contributed by atoms with Crippen molar-refractivity contribution in [2.45, 2.75) is 32.7 Å². The Morgan fingerprint density at radius 3 is 2.61 bits per heavy atom. The topological polar surface area (TPSA) is 58.6 Å². The summed E-state index contributed by atoms with van der Waals surface area (Å²) in [7, 11) is 0. The normalized spacial score (nSPS) is 15.5. The molecule has 1 amide bonds. The van der Waals surface area contributed by atoms with Crippen LogP contribution in [0.3, 0.4) is 0 Å². The summed E-state index contributed by atoms with van der Waals surface area (Å²) in [5.41, 5.74) is 1.47. The molecule has 1 fully saturated rings. The van der Waals surface area contributed by atoms with Crippen LogP contribution in [0.4, 0.5) is 0 Å². The Balaban J connectivity index is 0.00000225. The summed E-state index contributed by atoms with van der Waals surface area (Å²) in [4.78, 5) is 15.2. The van der Waals surface area contributed by atoms with Gasteiger partial charge in [-0.1, -0.05) is 11.6 Å². The first-order valence-corrected chi connectivity index (χ1v) is 9.68. The van der Waals surface area contributed by atoms with Crippen molar-refractivity contribution in [3.8, 4) is 0 Å². The lowest BCUT2D eigenvalue weighted by atomic mass is 10.1. The summed E-state index contributed by atoms with van der Waals surface area (Å²) in [6.07, 6.45) is 2.35. The molecular weight excluding hydrogens is 399 g/mol. The summed E-state index contributed by atoms with van der Waals surface area (Å²) < 4.78 is 11.6. The molecule has 1 aliphatic heterocycles. The molecule has 28 heavy (non-hydrogen) atoms. The van der Waals surface area contributed by atoms with E-state index in [1.807, 2.05) is 32.0 Å². The van der Waals surface area contributed by atoms with Gasteiger partial charge in [-0.3, -0.25) is 9.69 Å². The largest absolute Gasteiger partial charge is 0.465 e. The van der Waals surface area contributed by atoms with E-state index >= 15 is 0 Å². The number of hydrogen-bond donors (Lipinski definition) is 1. The van der Waals surface area contributed by atoms with Crippen LogP contribution in [0.25, 0.3) is 11.0 Å². The lowest BCUT2D eigenvalue weighted by Crippen LogP contribution is -2.36. The van der Waals surface area contributed by atoms with Gasteiger partial charge in [-0.05, 0) is 70.1 Å². The molecule has 1 saturated heterocycles. The molecule has 4 rings (SSSR count). The molecule has 1 unspecified atom stereocenters. The second-order valence-corrected chi connectivity index (χ2v) is 7.55. The average molecular weight is 423 g/mol. The van der Waals surface area contributed by atoms with Gasteiger partial charge < -0.3 is 14.2 Å². The molecule has 0 spiro atoms. The van der Waals surface area contributed by atoms with Crippen LogP contribution in [0, 0.1) is 13.8 Å². The van der Waals surface area contributed by atoms with Crippen LogP contribution >= 0.6 is 24.0 Å². The van der Waals surface area contributed by atoms with E-state index < -0.39 is 0 Å². The van der Waals surface area contributed by atoms with E-state index in [4.69, 9.17) is 20.4 Å². The Morgan fingerprint density at radius 1 is 1.18 bits per heavy atom. The van der Waals surface area contributed by atoms with Gasteiger partial charge >= 0.3 is 0 Å². The smallest absolute Gasteiger partial charge is 0.287 e. The van der Waals surface area contributed by atoms with Crippen LogP contribution in [0.2, 0.25) is 5.02 Å². The number of halogens is 2. The van der Waals surface area contributed by atoms with Crippen molar-refractivity contribution in [3.63, 3.8) is 0 Å². The summed E-state index contributed by atoms with van der Waals surface area (Å²) in [6, 6.07) is 9.37. The number of carbonyl (C=O) groups excluding carboxylic acids is 1. The fraction of sp³-hybridized carbons (Fsp3) is 0.381. The van der Waals surface area contributed by atoms with E-state index in [0.29, 0.717) is 22.9 Å². The van der Waals surface area contributed by atoms with Crippen molar-refractivity contribution in [2.24, 2.45) is 0 Å². The number of hydrogen-bond acceptors (Lipinski definition) is 4. The highest BCUT2D eigenvalue weighted by atomic mass is 35.5. The number of fused-ring (bicyclic) bond motifs is 1. The van der Waals surface area contributed by atoms with Crippen LogP contribution in [0.5, 0.6) is 0 Å². The molecule has 150 valence electrons. The zero-order chi connectivity index (χ0) is 19.0. The third kappa shape index (κ3) is 4.07. The van der Waals surface area contributed by atoms with Crippen molar-refractivity contribution in [1.29, 1.82) is 0 Å². The zero-order valence-corrected chi connectivity index (χ0v) is 17.5. The number of nitrogens with one attached hydrogen (secondary N) is 1. The maximum Gasteiger partial charge on any atom is 0.287 e. The molecule has 1 aliphatic rings. The van der Waals surface area contributed by atoms with Gasteiger partial charge in [-0.15, -0.1) is 12.4 Å². The Labute approximate surface area is 175 Å². The second-order valence-electron chi connectivity index (χ2n) is 7.11. The Morgan fingerprint density at radius 2 is 1.93 bits per heavy atom. The molecule has 0 bridgehead atoms. The highest BCUT2D eigenvalue weighted by Crippen LogP contribution is 2.29. The fourth-order valence-electron chi connectivity index (χ4n) is 3.77. The number of likely N-dealkylation sites (tertiary alicyclic amines) is 1. The van der Waals surface area contributed by atoms with Gasteiger partial charge in [0.2, 0.25) is 0 Å². The number of amides is 1. The van der Waals surface area contributed by atoms with Crippen LogP contribution in [-0.2, 0) is 0 Å². The van der Waals surface area contributed by atoms with E-state index in [9.17, 15) is 4.79 Å². The van der Waals surface area contributed by atoms with Crippen molar-refractivity contribution >= 4 is 40.9 Å². The summed E-state index contributed by atoms with van der Waals surface area (Å²) in [5, 5.41) is 4.52. The van der Waals surface area contributed by atoms with Gasteiger partial charge in [0.05, 0.1) is 6.04 Å². The third-order valence-electron chi connectivity index (χ3n) is 5.23. The van der Waals surface area contributed by atoms with Crippen molar-refractivity contribution in [3.05, 3.63) is 58.2 Å². The minimum Gasteiger partial charge on any atom is -0.465 e. The van der Waals surface area contributed by atoms with E-state index in [2.05, 4.69) is 10.2 Å². The maximum atomic E-state index is 12.8. The van der Waals surface area contributed by atoms with Crippen molar-refractivity contribution in [2.75, 3.05) is 19.6 Å². The van der Waals surface area contributed by atoms with E-state index in [1.54, 1.807) is 12.1 Å². The second kappa shape index (κ2) is 8.60. The molecule has 7 heteroatoms. The Bertz CT molecular complexity index is 973. The number of carbonyl (C=O) groups is 1. The van der Waals surface area contributed by atoms with Gasteiger partial charge in [0.25, 0.3) is 5.91 Å². The first-order valence-electron chi connectivity index (χ1n) is 9.30. The molecule has 0 saturated carbocycles. The number of furan rings is 2. The molecule has 1 atom stereocenters. The monoisotopic (exact) mass is 422 g/mol. The van der Waals surface area contributed by atoms with E-state index in [0.717, 1.165) is 35.6 Å². The summed E-state index contributed by atoms with van der Waals surface area (Å²) in [6.45, 7) is 6.32. The van der Waals surface area contributed by atoms with E-state index in [-0.39, 0.29) is 24.4 Å². The molecular formula is C21H24Cl2N2O3. The quantitative estimate of drug-likeness (QED) is 0.606. The standard InChI is InChI=1S/C21H23ClN2O3.ClH/c1-13-5-7-19(26-13)17(24-9-3-4-10-24)12-23-21(25)20-14(2)16-11-15(22)6-8-18(16)27-20;/h5-8,11,17H,3-4,9-10,12H2,1-2H3,(H,23,25);1H. The molecule has 3 heterocycles. The minimum absolute atomic E-state index is 0. The average Bonchev–Trinajstić information content (AvgIpc) is 3.38. The zero-order valence-electron chi connectivity index (χ0n) is 16.0. The van der Waals surface area contributed by atoms with Crippen molar-refractivity contribution in [1.82, 2.24) is 10.2 Å². The van der Waals surface area contributed by atoms with Gasteiger partial charge in [0.15, 0.2) is 5.76 Å². The first kappa shape index (κ1) is 20.8. The molecule has 0 radical (unpaired) electrons. The van der Waals surface area contributed by atoms with Crippen LogP contribution < -0.4 is 5.32 Å². The van der Waals surface area contributed by atoms with Gasteiger partial charge in [0.1, 0.15) is 17.1 Å². The lowest BCUT2D eigenvalue weighted by Gasteiger charge is -2.25. The molecule has 1 aromatic carbocycles. The Kier molecular flexibility index (Phi) is 6.38. The van der Waals surface area contributed by atoms with Gasteiger partial charge in [-0.25, -0.2) is 0 Å². The minimum atomic E-state index is -0.215. The fourth-order valence-corrected chi connectivity index (χ4v) is 3.95. The Hall–Kier alpha value is -1.95. The first-order chi connectivity index (χ1) is 13.0.